The quantitative estimate of drug-likeness (QED) is 0.356. The molecule has 0 aromatic rings. The molecule has 0 spiro atoms. The molecule has 0 aromatic carbocycles. The van der Waals surface area contributed by atoms with Crippen LogP contribution in [0.1, 0.15) is 87.0 Å². The minimum Gasteiger partial charge on any atom is -0.312 e. The molecule has 24 heavy (non-hydrogen) atoms. The number of unbranched alkanes of at least 4 members (excludes halogenated alkanes) is 1. The van der Waals surface area contributed by atoms with Gasteiger partial charge in [-0.25, -0.2) is 0 Å². The standard InChI is InChI=1S/C12H17N.C10H23N/c1-5-6-10(2)7-8-11(3)12(4)9-13;1-5-7-8-10(3,4)11-9-6-2/h7-8H,4-6H2,1-3H3;11H,5-9H2,1-4H3/b10-7-,11-8-;. The first-order valence-electron chi connectivity index (χ1n) is 9.42. The molecule has 0 aliphatic carbocycles. The van der Waals surface area contributed by atoms with E-state index in [1.165, 1.54) is 31.3 Å². The number of hydrogen-bond donors (Lipinski definition) is 1. The van der Waals surface area contributed by atoms with E-state index in [1.807, 2.05) is 19.1 Å². The fourth-order valence-electron chi connectivity index (χ4n) is 2.10. The summed E-state index contributed by atoms with van der Waals surface area (Å²) in [6.45, 7) is 20.0. The Labute approximate surface area is 151 Å². The third-order valence-electron chi connectivity index (χ3n) is 3.88. The topological polar surface area (TPSA) is 35.8 Å². The van der Waals surface area contributed by atoms with Crippen LogP contribution in [0.25, 0.3) is 0 Å². The largest absolute Gasteiger partial charge is 0.312 e. The summed E-state index contributed by atoms with van der Waals surface area (Å²) in [5, 5.41) is 12.1. The zero-order chi connectivity index (χ0) is 19.0. The van der Waals surface area contributed by atoms with Crippen molar-refractivity contribution >= 4 is 0 Å². The van der Waals surface area contributed by atoms with Crippen molar-refractivity contribution in [2.24, 2.45) is 0 Å². The second kappa shape index (κ2) is 15.2. The van der Waals surface area contributed by atoms with Gasteiger partial charge in [0.05, 0.1) is 6.07 Å². The molecule has 2 heteroatoms. The van der Waals surface area contributed by atoms with Gasteiger partial charge in [-0.3, -0.25) is 0 Å². The first kappa shape index (κ1) is 24.9. The van der Waals surface area contributed by atoms with Crippen LogP contribution >= 0.6 is 0 Å². The maximum atomic E-state index is 8.56. The van der Waals surface area contributed by atoms with Crippen LogP contribution in [0.4, 0.5) is 0 Å². The lowest BCUT2D eigenvalue weighted by molar-refractivity contribution is 0.353. The van der Waals surface area contributed by atoms with Crippen LogP contribution in [0.15, 0.2) is 35.5 Å². The Morgan fingerprint density at radius 1 is 1.08 bits per heavy atom. The smallest absolute Gasteiger partial charge is 0.0988 e. The van der Waals surface area contributed by atoms with E-state index < -0.39 is 0 Å². The van der Waals surface area contributed by atoms with Gasteiger partial charge in [0, 0.05) is 11.1 Å². The van der Waals surface area contributed by atoms with E-state index in [9.17, 15) is 0 Å². The predicted octanol–water partition coefficient (Wildman–Crippen LogP) is 6.71. The van der Waals surface area contributed by atoms with E-state index in [1.54, 1.807) is 0 Å². The third kappa shape index (κ3) is 15.6. The van der Waals surface area contributed by atoms with Gasteiger partial charge in [0.2, 0.25) is 0 Å². The molecule has 0 saturated heterocycles. The van der Waals surface area contributed by atoms with Gasteiger partial charge in [-0.15, -0.1) is 0 Å². The molecule has 0 fully saturated rings. The minimum atomic E-state index is 0.353. The summed E-state index contributed by atoms with van der Waals surface area (Å²) < 4.78 is 0. The van der Waals surface area contributed by atoms with Crippen LogP contribution in [-0.4, -0.2) is 12.1 Å². The lowest BCUT2D eigenvalue weighted by Crippen LogP contribution is -2.39. The molecule has 0 aliphatic heterocycles. The molecule has 0 bridgehead atoms. The highest BCUT2D eigenvalue weighted by Gasteiger charge is 2.14. The molecule has 0 atom stereocenters. The third-order valence-corrected chi connectivity index (χ3v) is 3.88. The Morgan fingerprint density at radius 3 is 2.17 bits per heavy atom. The molecular formula is C22H40N2. The Kier molecular flexibility index (Phi) is 15.8. The number of nitrogens with one attached hydrogen (secondary N) is 1. The second-order valence-corrected chi connectivity index (χ2v) is 7.12. The van der Waals surface area contributed by atoms with Gasteiger partial charge in [-0.2, -0.15) is 5.26 Å². The van der Waals surface area contributed by atoms with Crippen molar-refractivity contribution < 1.29 is 0 Å². The summed E-state index contributed by atoms with van der Waals surface area (Å²) in [7, 11) is 0. The Hall–Kier alpha value is -1.33. The van der Waals surface area contributed by atoms with Crippen LogP contribution in [0, 0.1) is 11.3 Å². The van der Waals surface area contributed by atoms with Crippen molar-refractivity contribution in [2.45, 2.75) is 92.5 Å². The summed E-state index contributed by atoms with van der Waals surface area (Å²) in [6.07, 6.45) is 11.5. The van der Waals surface area contributed by atoms with Crippen LogP contribution < -0.4 is 5.32 Å². The van der Waals surface area contributed by atoms with Crippen molar-refractivity contribution in [1.82, 2.24) is 5.32 Å². The minimum absolute atomic E-state index is 0.353. The van der Waals surface area contributed by atoms with Crippen molar-refractivity contribution in [3.05, 3.63) is 35.5 Å². The molecule has 0 rings (SSSR count). The maximum absolute atomic E-state index is 8.56. The SMILES string of the molecule is C=C(C#N)/C(C)=C\C=C(\C)CCC.CCCCC(C)(C)NCCC. The molecule has 1 N–H and O–H groups in total. The van der Waals surface area contributed by atoms with Gasteiger partial charge >= 0.3 is 0 Å². The van der Waals surface area contributed by atoms with E-state index in [0.717, 1.165) is 25.0 Å². The van der Waals surface area contributed by atoms with Gasteiger partial charge in [-0.05, 0) is 59.1 Å². The molecule has 0 saturated carbocycles. The average molecular weight is 333 g/mol. The Balaban J connectivity index is 0. The highest BCUT2D eigenvalue weighted by molar-refractivity contribution is 5.40. The number of allylic oxidation sites excluding steroid dienone is 5. The summed E-state index contributed by atoms with van der Waals surface area (Å²) >= 11 is 0. The van der Waals surface area contributed by atoms with Gasteiger partial charge in [0.1, 0.15) is 0 Å². The van der Waals surface area contributed by atoms with Crippen LogP contribution in [-0.2, 0) is 0 Å². The van der Waals surface area contributed by atoms with E-state index >= 15 is 0 Å². The number of rotatable bonds is 10. The molecule has 2 nitrogen and oxygen atoms in total. The molecule has 0 amide bonds. The fraction of sp³-hybridized carbons (Fsp3) is 0.682. The summed E-state index contributed by atoms with van der Waals surface area (Å²) in [5.74, 6) is 0. The predicted molar refractivity (Wildman–Crippen MR) is 109 cm³/mol. The number of nitrogens with zero attached hydrogens (tertiary/aromatic N) is 1. The van der Waals surface area contributed by atoms with Gasteiger partial charge in [0.25, 0.3) is 0 Å². The zero-order valence-corrected chi connectivity index (χ0v) is 17.3. The molecule has 0 heterocycles. The summed E-state index contributed by atoms with van der Waals surface area (Å²) in [4.78, 5) is 0. The number of nitriles is 1. The lowest BCUT2D eigenvalue weighted by Gasteiger charge is -2.25. The van der Waals surface area contributed by atoms with Gasteiger partial charge < -0.3 is 5.32 Å². The number of hydrogen-bond acceptors (Lipinski definition) is 2. The maximum Gasteiger partial charge on any atom is 0.0988 e. The van der Waals surface area contributed by atoms with Crippen molar-refractivity contribution in [3.8, 4) is 6.07 Å². The molecule has 138 valence electrons. The molecule has 0 aliphatic rings. The zero-order valence-electron chi connectivity index (χ0n) is 17.3. The van der Waals surface area contributed by atoms with Crippen LogP contribution in [0.2, 0.25) is 0 Å². The van der Waals surface area contributed by atoms with Crippen LogP contribution in [0.3, 0.4) is 0 Å². The first-order valence-corrected chi connectivity index (χ1v) is 9.42. The highest BCUT2D eigenvalue weighted by atomic mass is 14.9. The van der Waals surface area contributed by atoms with E-state index in [-0.39, 0.29) is 0 Å². The Morgan fingerprint density at radius 2 is 1.71 bits per heavy atom. The van der Waals surface area contributed by atoms with Gasteiger partial charge in [0.15, 0.2) is 0 Å². The van der Waals surface area contributed by atoms with Crippen molar-refractivity contribution in [1.29, 1.82) is 5.26 Å². The molecule has 0 aromatic heterocycles. The van der Waals surface area contributed by atoms with Crippen molar-refractivity contribution in [3.63, 3.8) is 0 Å². The van der Waals surface area contributed by atoms with E-state index in [0.29, 0.717) is 11.1 Å². The van der Waals surface area contributed by atoms with Crippen molar-refractivity contribution in [2.75, 3.05) is 6.54 Å². The normalized spacial score (nSPS) is 12.2. The Bertz CT molecular complexity index is 423. The summed E-state index contributed by atoms with van der Waals surface area (Å²) in [6, 6.07) is 2.03. The fourth-order valence-corrected chi connectivity index (χ4v) is 2.10. The van der Waals surface area contributed by atoms with E-state index in [2.05, 4.69) is 59.5 Å². The molecular weight excluding hydrogens is 292 g/mol. The first-order chi connectivity index (χ1) is 11.2. The van der Waals surface area contributed by atoms with E-state index in [4.69, 9.17) is 5.26 Å². The lowest BCUT2D eigenvalue weighted by atomic mass is 9.97. The van der Waals surface area contributed by atoms with Gasteiger partial charge in [-0.1, -0.05) is 64.3 Å². The monoisotopic (exact) mass is 332 g/mol. The summed E-state index contributed by atoms with van der Waals surface area (Å²) in [5.41, 5.74) is 3.18. The highest BCUT2D eigenvalue weighted by Crippen LogP contribution is 2.12. The average Bonchev–Trinajstić information content (AvgIpc) is 2.56. The molecule has 0 radical (unpaired) electrons. The van der Waals surface area contributed by atoms with Crippen LogP contribution in [0.5, 0.6) is 0 Å². The molecule has 0 unspecified atom stereocenters. The second-order valence-electron chi connectivity index (χ2n) is 7.12.